The Balaban J connectivity index is 1.79. The molecule has 3 atom stereocenters. The molecule has 3 rings (SSSR count). The first-order valence-corrected chi connectivity index (χ1v) is 13.5. The fourth-order valence-corrected chi connectivity index (χ4v) is 5.48. The molecule has 0 spiro atoms. The van der Waals surface area contributed by atoms with Crippen LogP contribution in [0.2, 0.25) is 0 Å². The molecule has 218 valence electrons. The molecule has 11 heteroatoms. The van der Waals surface area contributed by atoms with Gasteiger partial charge in [-0.2, -0.15) is 0 Å². The summed E-state index contributed by atoms with van der Waals surface area (Å²) >= 11 is 0. The number of nitro groups is 1. The summed E-state index contributed by atoms with van der Waals surface area (Å²) in [5, 5.41) is 11.5. The van der Waals surface area contributed by atoms with Gasteiger partial charge in [-0.15, -0.1) is 0 Å². The van der Waals surface area contributed by atoms with Gasteiger partial charge in [-0.3, -0.25) is 29.6 Å². The molecule has 1 saturated heterocycles. The highest BCUT2D eigenvalue weighted by molar-refractivity contribution is 6.07. The zero-order chi connectivity index (χ0) is 29.8. The number of methoxy groups -OCH3 is 1. The van der Waals surface area contributed by atoms with Gasteiger partial charge in [-0.25, -0.2) is 4.79 Å². The molecule has 0 amide bonds. The van der Waals surface area contributed by atoms with E-state index in [1.165, 1.54) is 25.3 Å². The predicted molar refractivity (Wildman–Crippen MR) is 150 cm³/mol. The van der Waals surface area contributed by atoms with E-state index >= 15 is 0 Å². The van der Waals surface area contributed by atoms with E-state index in [0.717, 1.165) is 26.2 Å². The van der Waals surface area contributed by atoms with Gasteiger partial charge in [0, 0.05) is 67.6 Å². The Hall–Kier alpha value is -3.44. The van der Waals surface area contributed by atoms with Crippen LogP contribution in [-0.2, 0) is 23.9 Å². The molecule has 1 aromatic carbocycles. The summed E-state index contributed by atoms with van der Waals surface area (Å²) in [4.78, 5) is 58.1. The number of ether oxygens (including phenoxy) is 2. The third-order valence-electron chi connectivity index (χ3n) is 7.73. The second-order valence-corrected chi connectivity index (χ2v) is 11.4. The number of piperazine rings is 1. The maximum atomic E-state index is 13.6. The van der Waals surface area contributed by atoms with Crippen molar-refractivity contribution in [2.24, 2.45) is 16.3 Å². The number of nitrogens with zero attached hydrogens (tertiary/aromatic N) is 4. The van der Waals surface area contributed by atoms with Crippen LogP contribution >= 0.6 is 0 Å². The number of hydrogen-bond donors (Lipinski definition) is 0. The summed E-state index contributed by atoms with van der Waals surface area (Å²) in [6.07, 6.45) is 0. The van der Waals surface area contributed by atoms with Crippen molar-refractivity contribution in [3.8, 4) is 0 Å². The zero-order valence-electron chi connectivity index (χ0n) is 24.4. The van der Waals surface area contributed by atoms with E-state index in [9.17, 15) is 24.5 Å². The van der Waals surface area contributed by atoms with Crippen molar-refractivity contribution in [1.82, 2.24) is 9.80 Å². The van der Waals surface area contributed by atoms with Gasteiger partial charge in [-0.05, 0) is 33.3 Å². The van der Waals surface area contributed by atoms with Crippen LogP contribution in [0.25, 0.3) is 0 Å². The minimum Gasteiger partial charge on any atom is -0.468 e. The van der Waals surface area contributed by atoms with Crippen LogP contribution in [0.3, 0.4) is 0 Å². The van der Waals surface area contributed by atoms with E-state index in [4.69, 9.17) is 9.47 Å². The second-order valence-electron chi connectivity index (χ2n) is 11.4. The van der Waals surface area contributed by atoms with E-state index in [-0.39, 0.29) is 35.1 Å². The molecule has 1 aromatic rings. The number of hydrogen-bond acceptors (Lipinski definition) is 10. The average molecular weight is 557 g/mol. The van der Waals surface area contributed by atoms with Gasteiger partial charge >= 0.3 is 11.9 Å². The molecule has 0 radical (unpaired) electrons. The number of ketones is 1. The first-order valence-electron chi connectivity index (χ1n) is 13.5. The topological polar surface area (TPSA) is 132 Å². The molecule has 2 aliphatic rings. The number of allylic oxidation sites excluding steroid dienone is 1. The van der Waals surface area contributed by atoms with Gasteiger partial charge in [0.25, 0.3) is 5.69 Å². The summed E-state index contributed by atoms with van der Waals surface area (Å²) in [5.74, 6) is -2.83. The maximum absolute atomic E-state index is 13.6. The molecular weight excluding hydrogens is 516 g/mol. The fraction of sp³-hybridized carbons (Fsp3) is 0.586. The number of nitro benzene ring substituents is 1. The Kier molecular flexibility index (Phi) is 9.96. The predicted octanol–water partition coefficient (Wildman–Crippen LogP) is 3.38. The molecule has 0 saturated carbocycles. The lowest BCUT2D eigenvalue weighted by molar-refractivity contribution is -0.384. The highest BCUT2D eigenvalue weighted by Gasteiger charge is 2.43. The van der Waals surface area contributed by atoms with Crippen molar-refractivity contribution < 1.29 is 28.8 Å². The number of rotatable bonds is 10. The van der Waals surface area contributed by atoms with Crippen LogP contribution < -0.4 is 0 Å². The highest BCUT2D eigenvalue weighted by atomic mass is 16.6. The molecular formula is C29H40N4O7. The minimum absolute atomic E-state index is 0.0952. The summed E-state index contributed by atoms with van der Waals surface area (Å²) in [6, 6.07) is 5.82. The highest BCUT2D eigenvalue weighted by Crippen LogP contribution is 2.41. The van der Waals surface area contributed by atoms with E-state index in [1.54, 1.807) is 26.8 Å². The van der Waals surface area contributed by atoms with Crippen LogP contribution in [-0.4, -0.2) is 90.6 Å². The molecule has 0 N–H and O–H groups in total. The van der Waals surface area contributed by atoms with Gasteiger partial charge < -0.3 is 14.4 Å². The number of benzene rings is 1. The van der Waals surface area contributed by atoms with E-state index in [0.29, 0.717) is 23.5 Å². The SMILES string of the molecule is COC(=O)C1C(C)=NC(C)=C(C(=O)OCC(C)(C)CN2CCN(C(C)C(C)=O)CC2)C1c1cccc([N+](=O)[O-])c1. The van der Waals surface area contributed by atoms with Crippen molar-refractivity contribution in [3.63, 3.8) is 0 Å². The van der Waals surface area contributed by atoms with Gasteiger partial charge in [0.15, 0.2) is 0 Å². The Morgan fingerprint density at radius 1 is 1.18 bits per heavy atom. The van der Waals surface area contributed by atoms with E-state index in [2.05, 4.69) is 14.8 Å². The Labute approximate surface area is 235 Å². The molecule has 0 aromatic heterocycles. The molecule has 3 unspecified atom stereocenters. The maximum Gasteiger partial charge on any atom is 0.336 e. The Bertz CT molecular complexity index is 1210. The Morgan fingerprint density at radius 2 is 1.82 bits per heavy atom. The van der Waals surface area contributed by atoms with Gasteiger partial charge in [0.1, 0.15) is 11.7 Å². The molecule has 40 heavy (non-hydrogen) atoms. The summed E-state index contributed by atoms with van der Waals surface area (Å²) < 4.78 is 10.9. The second kappa shape index (κ2) is 12.8. The minimum atomic E-state index is -0.931. The van der Waals surface area contributed by atoms with Crippen LogP contribution in [0.5, 0.6) is 0 Å². The molecule has 11 nitrogen and oxygen atoms in total. The number of Topliss-reactive ketones (excluding diaryl/α,β-unsaturated/α-hetero) is 1. The molecule has 1 fully saturated rings. The molecule has 0 bridgehead atoms. The van der Waals surface area contributed by atoms with Gasteiger partial charge in [0.2, 0.25) is 0 Å². The number of aliphatic imine (C=N–C) groups is 1. The number of non-ortho nitro benzene ring substituents is 1. The van der Waals surface area contributed by atoms with Crippen molar-refractivity contribution in [3.05, 3.63) is 51.2 Å². The first kappa shape index (κ1) is 31.1. The lowest BCUT2D eigenvalue weighted by atomic mass is 9.75. The average Bonchev–Trinajstić information content (AvgIpc) is 2.90. The van der Waals surface area contributed by atoms with Gasteiger partial charge in [0.05, 0.1) is 30.3 Å². The number of esters is 2. The quantitative estimate of drug-likeness (QED) is 0.242. The van der Waals surface area contributed by atoms with Gasteiger partial charge in [-0.1, -0.05) is 26.0 Å². The molecule has 0 aliphatic carbocycles. The Morgan fingerprint density at radius 3 is 2.40 bits per heavy atom. The van der Waals surface area contributed by atoms with E-state index in [1.807, 2.05) is 20.8 Å². The summed E-state index contributed by atoms with van der Waals surface area (Å²) in [7, 11) is 1.26. The third kappa shape index (κ3) is 7.19. The van der Waals surface area contributed by atoms with Crippen molar-refractivity contribution in [2.75, 3.05) is 46.4 Å². The van der Waals surface area contributed by atoms with Crippen LogP contribution in [0, 0.1) is 21.4 Å². The van der Waals surface area contributed by atoms with Crippen molar-refractivity contribution in [2.45, 2.75) is 53.5 Å². The summed E-state index contributed by atoms with van der Waals surface area (Å²) in [6.45, 7) is 14.9. The standard InChI is InChI=1S/C29H40N4O7/c1-18-24(27(35)39-7)26(22-9-8-10-23(15-22)33(37)38)25(19(2)30-18)28(36)40-17-29(5,6)16-31-11-13-32(14-12-31)20(3)21(4)34/h8-10,15,20,24,26H,11-14,16-17H2,1-7H3. The van der Waals surface area contributed by atoms with Crippen LogP contribution in [0.4, 0.5) is 5.69 Å². The third-order valence-corrected chi connectivity index (χ3v) is 7.73. The zero-order valence-corrected chi connectivity index (χ0v) is 24.4. The molecule has 2 aliphatic heterocycles. The lowest BCUT2D eigenvalue weighted by Gasteiger charge is -2.40. The monoisotopic (exact) mass is 556 g/mol. The lowest BCUT2D eigenvalue weighted by Crippen LogP contribution is -2.53. The summed E-state index contributed by atoms with van der Waals surface area (Å²) in [5.41, 5.74) is 0.940. The fourth-order valence-electron chi connectivity index (χ4n) is 5.48. The number of carbonyl (C=O) groups excluding carboxylic acids is 3. The first-order chi connectivity index (χ1) is 18.8. The molecule has 2 heterocycles. The van der Waals surface area contributed by atoms with Crippen LogP contribution in [0.1, 0.15) is 53.0 Å². The largest absolute Gasteiger partial charge is 0.468 e. The van der Waals surface area contributed by atoms with Crippen LogP contribution in [0.15, 0.2) is 40.5 Å². The normalized spacial score (nSPS) is 21.4. The smallest absolute Gasteiger partial charge is 0.336 e. The van der Waals surface area contributed by atoms with E-state index < -0.39 is 28.7 Å². The van der Waals surface area contributed by atoms with Crippen molar-refractivity contribution >= 4 is 29.1 Å². The number of carbonyl (C=O) groups is 3. The van der Waals surface area contributed by atoms with Crippen molar-refractivity contribution in [1.29, 1.82) is 0 Å².